The quantitative estimate of drug-likeness (QED) is 0.340. The average Bonchev–Trinajstić information content (AvgIpc) is 3.01. The molecular formula is C20H9F4N5O. The van der Waals surface area contributed by atoms with Crippen LogP contribution in [-0.2, 0) is 6.18 Å². The summed E-state index contributed by atoms with van der Waals surface area (Å²) in [5, 5.41) is 3.60. The van der Waals surface area contributed by atoms with E-state index in [0.717, 1.165) is 6.20 Å². The van der Waals surface area contributed by atoms with Gasteiger partial charge in [0.25, 0.3) is 0 Å². The second kappa shape index (κ2) is 6.28. The van der Waals surface area contributed by atoms with Crippen molar-refractivity contribution in [2.24, 2.45) is 0 Å². The van der Waals surface area contributed by atoms with E-state index in [2.05, 4.69) is 25.3 Å². The van der Waals surface area contributed by atoms with Crippen LogP contribution in [0, 0.1) is 5.95 Å². The lowest BCUT2D eigenvalue weighted by molar-refractivity contribution is -0.145. The minimum absolute atomic E-state index is 0.159. The summed E-state index contributed by atoms with van der Waals surface area (Å²) in [6.45, 7) is 0. The number of nitrogens with one attached hydrogen (secondary N) is 1. The van der Waals surface area contributed by atoms with Crippen LogP contribution in [0.3, 0.4) is 0 Å². The van der Waals surface area contributed by atoms with Crippen molar-refractivity contribution in [1.82, 2.24) is 19.9 Å². The fraction of sp³-hybridized carbons (Fsp3) is 0.0500. The molecule has 0 atom stereocenters. The standard InChI is InChI=1S/C20H9F4N5O/c21-15-4-2-10(6-26-15)28-9-1-3-14-11(5-9)16-12-7-27-19(20(22,23)24)29-17(12)18(30)13(16)8-25-14/h1-8,28H. The molecule has 0 saturated heterocycles. The number of nitrogens with zero attached hydrogens (tertiary/aromatic N) is 4. The third-order valence-electron chi connectivity index (χ3n) is 4.66. The topological polar surface area (TPSA) is 80.7 Å². The minimum Gasteiger partial charge on any atom is -0.354 e. The molecule has 3 aromatic heterocycles. The van der Waals surface area contributed by atoms with E-state index in [1.807, 2.05) is 0 Å². The molecular weight excluding hydrogens is 402 g/mol. The number of carbonyl (C=O) groups is 1. The van der Waals surface area contributed by atoms with Crippen molar-refractivity contribution < 1.29 is 22.4 Å². The molecule has 1 aromatic carbocycles. The van der Waals surface area contributed by atoms with Gasteiger partial charge in [-0.3, -0.25) is 9.78 Å². The van der Waals surface area contributed by atoms with Crippen LogP contribution in [0.25, 0.3) is 22.0 Å². The first-order valence-electron chi connectivity index (χ1n) is 8.62. The van der Waals surface area contributed by atoms with Crippen molar-refractivity contribution in [2.45, 2.75) is 6.18 Å². The molecule has 1 aliphatic carbocycles. The second-order valence-electron chi connectivity index (χ2n) is 6.56. The zero-order valence-corrected chi connectivity index (χ0v) is 14.8. The lowest BCUT2D eigenvalue weighted by Crippen LogP contribution is -2.13. The zero-order valence-electron chi connectivity index (χ0n) is 14.8. The van der Waals surface area contributed by atoms with Gasteiger partial charge in [0.2, 0.25) is 17.6 Å². The van der Waals surface area contributed by atoms with E-state index in [1.165, 1.54) is 24.5 Å². The number of hydrogen-bond donors (Lipinski definition) is 1. The maximum absolute atomic E-state index is 13.0. The van der Waals surface area contributed by atoms with Crippen LogP contribution >= 0.6 is 0 Å². The van der Waals surface area contributed by atoms with Gasteiger partial charge < -0.3 is 5.32 Å². The van der Waals surface area contributed by atoms with Crippen molar-refractivity contribution in [3.63, 3.8) is 0 Å². The number of carbonyl (C=O) groups excluding carboxylic acids is 1. The summed E-state index contributed by atoms with van der Waals surface area (Å²) in [6, 6.07) is 7.83. The van der Waals surface area contributed by atoms with E-state index in [4.69, 9.17) is 0 Å². The van der Waals surface area contributed by atoms with E-state index in [1.54, 1.807) is 18.2 Å². The molecule has 0 fully saturated rings. The lowest BCUT2D eigenvalue weighted by Gasteiger charge is -2.10. The van der Waals surface area contributed by atoms with Gasteiger partial charge >= 0.3 is 6.18 Å². The van der Waals surface area contributed by atoms with Gasteiger partial charge in [-0.1, -0.05) is 0 Å². The summed E-state index contributed by atoms with van der Waals surface area (Å²) in [5.41, 5.74) is 2.17. The Bertz CT molecular complexity index is 1340. The Hall–Kier alpha value is -3.95. The molecule has 0 amide bonds. The van der Waals surface area contributed by atoms with E-state index in [-0.39, 0.29) is 16.8 Å². The molecule has 5 rings (SSSR count). The summed E-state index contributed by atoms with van der Waals surface area (Å²) < 4.78 is 51.9. The first-order chi connectivity index (χ1) is 14.3. The fourth-order valence-corrected chi connectivity index (χ4v) is 3.35. The molecule has 6 nitrogen and oxygen atoms in total. The first kappa shape index (κ1) is 18.1. The number of halogens is 4. The van der Waals surface area contributed by atoms with Crippen LogP contribution in [0.15, 0.2) is 48.9 Å². The van der Waals surface area contributed by atoms with Crippen LogP contribution in [0.1, 0.15) is 21.9 Å². The lowest BCUT2D eigenvalue weighted by atomic mass is 10.0. The number of ketones is 1. The maximum Gasteiger partial charge on any atom is 0.451 e. The van der Waals surface area contributed by atoms with Crippen LogP contribution in [-0.4, -0.2) is 25.7 Å². The molecule has 3 heterocycles. The van der Waals surface area contributed by atoms with E-state index in [9.17, 15) is 22.4 Å². The number of fused-ring (bicyclic) bond motifs is 5. The highest BCUT2D eigenvalue weighted by Gasteiger charge is 2.38. The summed E-state index contributed by atoms with van der Waals surface area (Å²) in [6.07, 6.45) is -1.10. The van der Waals surface area contributed by atoms with Gasteiger partial charge in [-0.2, -0.15) is 17.6 Å². The summed E-state index contributed by atoms with van der Waals surface area (Å²) in [7, 11) is 0. The molecule has 148 valence electrons. The van der Waals surface area contributed by atoms with Crippen molar-refractivity contribution in [2.75, 3.05) is 5.32 Å². The van der Waals surface area contributed by atoms with Crippen molar-refractivity contribution >= 4 is 28.1 Å². The number of hydrogen-bond acceptors (Lipinski definition) is 6. The molecule has 0 bridgehead atoms. The van der Waals surface area contributed by atoms with Crippen LogP contribution in [0.2, 0.25) is 0 Å². The van der Waals surface area contributed by atoms with E-state index < -0.39 is 23.7 Å². The SMILES string of the molecule is O=C1c2cnc3ccc(Nc4ccc(F)nc4)cc3c2-c2cnc(C(F)(F)F)nc21. The van der Waals surface area contributed by atoms with Crippen molar-refractivity contribution in [3.05, 3.63) is 72.0 Å². The predicted molar refractivity (Wildman–Crippen MR) is 98.7 cm³/mol. The largest absolute Gasteiger partial charge is 0.451 e. The van der Waals surface area contributed by atoms with Gasteiger partial charge in [-0.05, 0) is 30.3 Å². The van der Waals surface area contributed by atoms with Crippen LogP contribution < -0.4 is 5.32 Å². The Balaban J connectivity index is 1.65. The summed E-state index contributed by atoms with van der Waals surface area (Å²) >= 11 is 0. The number of rotatable bonds is 2. The number of anilines is 2. The third-order valence-corrected chi connectivity index (χ3v) is 4.66. The predicted octanol–water partition coefficient (Wildman–Crippen LogP) is 4.53. The van der Waals surface area contributed by atoms with Crippen molar-refractivity contribution in [1.29, 1.82) is 0 Å². The normalized spacial score (nSPS) is 12.7. The summed E-state index contributed by atoms with van der Waals surface area (Å²) in [5.74, 6) is -2.62. The van der Waals surface area contributed by atoms with Gasteiger partial charge in [0.15, 0.2) is 0 Å². The van der Waals surface area contributed by atoms with Gasteiger partial charge in [0.05, 0.1) is 23.0 Å². The van der Waals surface area contributed by atoms with Crippen LogP contribution in [0.5, 0.6) is 0 Å². The highest BCUT2D eigenvalue weighted by molar-refractivity contribution is 6.24. The van der Waals surface area contributed by atoms with E-state index >= 15 is 0 Å². The van der Waals surface area contributed by atoms with E-state index in [0.29, 0.717) is 27.8 Å². The van der Waals surface area contributed by atoms with Gasteiger partial charge in [0, 0.05) is 34.6 Å². The fourth-order valence-electron chi connectivity index (χ4n) is 3.35. The molecule has 30 heavy (non-hydrogen) atoms. The smallest absolute Gasteiger partial charge is 0.354 e. The highest BCUT2D eigenvalue weighted by Crippen LogP contribution is 2.41. The first-order valence-corrected chi connectivity index (χ1v) is 8.62. The van der Waals surface area contributed by atoms with Gasteiger partial charge in [-0.15, -0.1) is 0 Å². The molecule has 1 aliphatic rings. The number of aromatic nitrogens is 4. The number of pyridine rings is 2. The van der Waals surface area contributed by atoms with Crippen LogP contribution in [0.4, 0.5) is 28.9 Å². The number of alkyl halides is 3. The molecule has 1 N–H and O–H groups in total. The minimum atomic E-state index is -4.76. The monoisotopic (exact) mass is 411 g/mol. The average molecular weight is 411 g/mol. The highest BCUT2D eigenvalue weighted by atomic mass is 19.4. The Labute approximate surface area is 165 Å². The molecule has 0 unspecified atom stereocenters. The van der Waals surface area contributed by atoms with Gasteiger partial charge in [0.1, 0.15) is 5.69 Å². The Morgan fingerprint density at radius 2 is 1.63 bits per heavy atom. The Morgan fingerprint density at radius 3 is 2.37 bits per heavy atom. The van der Waals surface area contributed by atoms with Crippen molar-refractivity contribution in [3.8, 4) is 11.1 Å². The van der Waals surface area contributed by atoms with Gasteiger partial charge in [-0.25, -0.2) is 15.0 Å². The Morgan fingerprint density at radius 1 is 0.867 bits per heavy atom. The zero-order chi connectivity index (χ0) is 21.0. The molecule has 0 saturated carbocycles. The molecule has 10 heteroatoms. The molecule has 0 radical (unpaired) electrons. The summed E-state index contributed by atoms with van der Waals surface area (Å²) in [4.78, 5) is 27.3. The Kier molecular flexibility index (Phi) is 3.79. The maximum atomic E-state index is 13.0. The third kappa shape index (κ3) is 2.84. The number of benzene rings is 1. The molecule has 0 aliphatic heterocycles. The molecule has 4 aromatic rings. The molecule has 0 spiro atoms. The second-order valence-corrected chi connectivity index (χ2v) is 6.56.